The summed E-state index contributed by atoms with van der Waals surface area (Å²) in [5.41, 5.74) is 2.00. The average Bonchev–Trinajstić information content (AvgIpc) is 3.26. The zero-order chi connectivity index (χ0) is 26.9. The molecule has 4 rings (SSSR count). The summed E-state index contributed by atoms with van der Waals surface area (Å²) in [5.74, 6) is -0.820. The lowest BCUT2D eigenvalue weighted by Gasteiger charge is -2.40. The predicted molar refractivity (Wildman–Crippen MR) is 137 cm³/mol. The number of carbonyl (C=O) groups excluding carboxylic acids is 2. The molecule has 2 aromatic carbocycles. The van der Waals surface area contributed by atoms with E-state index in [1.165, 1.54) is 18.9 Å². The third-order valence-corrected chi connectivity index (χ3v) is 7.20. The van der Waals surface area contributed by atoms with Crippen LogP contribution >= 0.6 is 23.2 Å². The van der Waals surface area contributed by atoms with Gasteiger partial charge in [-0.05, 0) is 41.5 Å². The van der Waals surface area contributed by atoms with Crippen LogP contribution in [0.15, 0.2) is 42.0 Å². The van der Waals surface area contributed by atoms with E-state index in [9.17, 15) is 24.9 Å². The summed E-state index contributed by atoms with van der Waals surface area (Å²) < 4.78 is 11.6. The Labute approximate surface area is 224 Å². The van der Waals surface area contributed by atoms with Crippen LogP contribution in [0, 0.1) is 0 Å². The minimum absolute atomic E-state index is 0.0191. The number of halogens is 2. The van der Waals surface area contributed by atoms with E-state index in [1.54, 1.807) is 36.4 Å². The van der Waals surface area contributed by atoms with Crippen LogP contribution in [-0.4, -0.2) is 70.5 Å². The molecule has 198 valence electrons. The number of fused-ring (bicyclic) bond motifs is 3. The van der Waals surface area contributed by atoms with Gasteiger partial charge in [-0.25, -0.2) is 0 Å². The maximum Gasteiger partial charge on any atom is 0.247 e. The van der Waals surface area contributed by atoms with Crippen LogP contribution in [0.1, 0.15) is 29.5 Å². The van der Waals surface area contributed by atoms with E-state index in [2.05, 4.69) is 5.32 Å². The van der Waals surface area contributed by atoms with Crippen molar-refractivity contribution in [1.29, 1.82) is 0 Å². The molecule has 0 spiro atoms. The molecule has 1 aliphatic carbocycles. The Hall–Kier alpha value is -2.82. The minimum atomic E-state index is -1.22. The average molecular weight is 551 g/mol. The number of rotatable bonds is 8. The van der Waals surface area contributed by atoms with Crippen LogP contribution in [-0.2, 0) is 22.7 Å². The number of ether oxygens (including phenoxy) is 2. The van der Waals surface area contributed by atoms with Crippen molar-refractivity contribution in [3.05, 3.63) is 68.7 Å². The van der Waals surface area contributed by atoms with Gasteiger partial charge in [0.15, 0.2) is 11.5 Å². The number of carbonyl (C=O) groups is 2. The standard InChI is InChI=1S/C26H28Cl2N2O7/c1-13(33)30(11-15-3-4-16(27)9-19(15)28)20-10-18(26(35)29-5-6-31)22-17-7-14(12-32)8-21(36-2)24(17)37-25(22)23(20)34/h3-4,7-10,20,22-23,25,31-32,34H,5-6,11-12H2,1-2H3,(H,29,35). The van der Waals surface area contributed by atoms with Crippen molar-refractivity contribution < 1.29 is 34.4 Å². The second kappa shape index (κ2) is 11.3. The van der Waals surface area contributed by atoms with Crippen molar-refractivity contribution in [3.8, 4) is 11.5 Å². The number of nitrogens with zero attached hydrogens (tertiary/aromatic N) is 1. The Bertz CT molecular complexity index is 1240. The number of aliphatic hydroxyl groups excluding tert-OH is 3. The molecule has 2 amide bonds. The Morgan fingerprint density at radius 1 is 1.19 bits per heavy atom. The van der Waals surface area contributed by atoms with Gasteiger partial charge in [-0.2, -0.15) is 0 Å². The molecule has 11 heteroatoms. The molecular weight excluding hydrogens is 523 g/mol. The maximum absolute atomic E-state index is 13.3. The molecule has 0 bridgehead atoms. The van der Waals surface area contributed by atoms with Crippen molar-refractivity contribution in [2.45, 2.75) is 44.2 Å². The zero-order valence-corrected chi connectivity index (χ0v) is 21.8. The summed E-state index contributed by atoms with van der Waals surface area (Å²) in [6.45, 7) is 0.913. The van der Waals surface area contributed by atoms with Gasteiger partial charge in [0, 0.05) is 41.2 Å². The second-order valence-electron chi connectivity index (χ2n) is 8.90. The lowest BCUT2D eigenvalue weighted by atomic mass is 9.77. The largest absolute Gasteiger partial charge is 0.493 e. The van der Waals surface area contributed by atoms with Gasteiger partial charge in [0.05, 0.1) is 32.3 Å². The van der Waals surface area contributed by atoms with E-state index >= 15 is 0 Å². The van der Waals surface area contributed by atoms with Crippen molar-refractivity contribution >= 4 is 35.0 Å². The minimum Gasteiger partial charge on any atom is -0.493 e. The van der Waals surface area contributed by atoms with Crippen molar-refractivity contribution in [3.63, 3.8) is 0 Å². The number of hydrogen-bond acceptors (Lipinski definition) is 7. The fourth-order valence-corrected chi connectivity index (χ4v) is 5.35. The maximum atomic E-state index is 13.3. The van der Waals surface area contributed by atoms with Gasteiger partial charge < -0.3 is 35.0 Å². The van der Waals surface area contributed by atoms with Gasteiger partial charge in [0.1, 0.15) is 12.2 Å². The van der Waals surface area contributed by atoms with Gasteiger partial charge >= 0.3 is 0 Å². The molecule has 4 atom stereocenters. The van der Waals surface area contributed by atoms with Crippen LogP contribution in [0.4, 0.5) is 0 Å². The van der Waals surface area contributed by atoms with Gasteiger partial charge in [-0.15, -0.1) is 0 Å². The molecule has 0 radical (unpaired) electrons. The molecule has 9 nitrogen and oxygen atoms in total. The normalized spacial score (nSPS) is 21.9. The van der Waals surface area contributed by atoms with E-state index in [1.807, 2.05) is 0 Å². The molecule has 4 unspecified atom stereocenters. The number of aliphatic hydroxyl groups is 3. The SMILES string of the molecule is COc1cc(CO)cc2c1OC1C2C(C(=O)NCCO)=CC(N(Cc2ccc(Cl)cc2Cl)C(C)=O)C1O. The molecule has 1 aliphatic heterocycles. The number of methoxy groups -OCH3 is 1. The van der Waals surface area contributed by atoms with Gasteiger partial charge in [0.2, 0.25) is 11.8 Å². The quantitative estimate of drug-likeness (QED) is 0.396. The first-order valence-electron chi connectivity index (χ1n) is 11.7. The fraction of sp³-hybridized carbons (Fsp3) is 0.385. The van der Waals surface area contributed by atoms with Gasteiger partial charge in [-0.1, -0.05) is 29.3 Å². The predicted octanol–water partition coefficient (Wildman–Crippen LogP) is 2.17. The van der Waals surface area contributed by atoms with E-state index in [0.29, 0.717) is 38.2 Å². The van der Waals surface area contributed by atoms with Crippen LogP contribution in [0.3, 0.4) is 0 Å². The Morgan fingerprint density at radius 3 is 2.57 bits per heavy atom. The highest BCUT2D eigenvalue weighted by atomic mass is 35.5. The zero-order valence-electron chi connectivity index (χ0n) is 20.3. The Balaban J connectivity index is 1.80. The molecular formula is C26H28Cl2N2O7. The van der Waals surface area contributed by atoms with Gasteiger partial charge in [0.25, 0.3) is 0 Å². The highest BCUT2D eigenvalue weighted by Crippen LogP contribution is 2.51. The van der Waals surface area contributed by atoms with Gasteiger partial charge in [-0.3, -0.25) is 9.59 Å². The summed E-state index contributed by atoms with van der Waals surface area (Å²) in [6.07, 6.45) is -0.588. The first-order chi connectivity index (χ1) is 17.7. The summed E-state index contributed by atoms with van der Waals surface area (Å²) in [5, 5.41) is 34.0. The third kappa shape index (κ3) is 5.28. The smallest absolute Gasteiger partial charge is 0.247 e. The van der Waals surface area contributed by atoms with Crippen LogP contribution in [0.25, 0.3) is 0 Å². The number of hydrogen-bond donors (Lipinski definition) is 4. The van der Waals surface area contributed by atoms with Crippen molar-refractivity contribution in [2.24, 2.45) is 0 Å². The summed E-state index contributed by atoms with van der Waals surface area (Å²) in [6, 6.07) is 7.31. The highest BCUT2D eigenvalue weighted by molar-refractivity contribution is 6.35. The monoisotopic (exact) mass is 550 g/mol. The number of amides is 2. The molecule has 2 aromatic rings. The molecule has 0 aromatic heterocycles. The summed E-state index contributed by atoms with van der Waals surface area (Å²) in [7, 11) is 1.46. The molecule has 4 N–H and O–H groups in total. The first kappa shape index (κ1) is 27.2. The third-order valence-electron chi connectivity index (χ3n) is 6.61. The summed E-state index contributed by atoms with van der Waals surface area (Å²) >= 11 is 12.4. The van der Waals surface area contributed by atoms with Crippen LogP contribution < -0.4 is 14.8 Å². The Morgan fingerprint density at radius 2 is 1.95 bits per heavy atom. The summed E-state index contributed by atoms with van der Waals surface area (Å²) in [4.78, 5) is 27.5. The molecule has 0 saturated carbocycles. The number of benzene rings is 2. The van der Waals surface area contributed by atoms with Crippen molar-refractivity contribution in [2.75, 3.05) is 20.3 Å². The highest BCUT2D eigenvalue weighted by Gasteiger charge is 2.51. The Kier molecular flexibility index (Phi) is 8.30. The molecule has 0 saturated heterocycles. The molecule has 0 fully saturated rings. The number of nitrogens with one attached hydrogen (secondary N) is 1. The lowest BCUT2D eigenvalue weighted by molar-refractivity contribution is -0.135. The second-order valence-corrected chi connectivity index (χ2v) is 9.74. The van der Waals surface area contributed by atoms with E-state index in [4.69, 9.17) is 32.7 Å². The van der Waals surface area contributed by atoms with E-state index in [0.717, 1.165) is 0 Å². The molecule has 2 aliphatic rings. The fourth-order valence-electron chi connectivity index (χ4n) is 4.88. The van der Waals surface area contributed by atoms with E-state index < -0.39 is 30.1 Å². The van der Waals surface area contributed by atoms with Crippen LogP contribution in [0.2, 0.25) is 10.0 Å². The molecule has 1 heterocycles. The lowest BCUT2D eigenvalue weighted by Crippen LogP contribution is -2.55. The topological polar surface area (TPSA) is 129 Å². The van der Waals surface area contributed by atoms with Crippen molar-refractivity contribution in [1.82, 2.24) is 10.2 Å². The first-order valence-corrected chi connectivity index (χ1v) is 12.4. The van der Waals surface area contributed by atoms with E-state index in [-0.39, 0.29) is 37.8 Å². The molecule has 37 heavy (non-hydrogen) atoms. The van der Waals surface area contributed by atoms with Crippen LogP contribution in [0.5, 0.6) is 11.5 Å².